The molecule has 2 aromatic heterocycles. The van der Waals surface area contributed by atoms with Crippen molar-refractivity contribution in [3.8, 4) is 0 Å². The second kappa shape index (κ2) is 8.30. The number of amides is 1. The van der Waals surface area contributed by atoms with Gasteiger partial charge >= 0.3 is 6.09 Å². The second-order valence-electron chi connectivity index (χ2n) is 9.63. The van der Waals surface area contributed by atoms with Crippen LogP contribution >= 0.6 is 11.6 Å². The van der Waals surface area contributed by atoms with E-state index in [1.54, 1.807) is 0 Å². The number of aromatic nitrogens is 3. The maximum Gasteiger partial charge on any atom is 0.410 e. The van der Waals surface area contributed by atoms with E-state index >= 15 is 0 Å². The maximum atomic E-state index is 12.3. The Bertz CT molecular complexity index is 1310. The van der Waals surface area contributed by atoms with Crippen molar-refractivity contribution in [2.75, 3.05) is 18.4 Å². The normalized spacial score (nSPS) is 15.3. The molecule has 33 heavy (non-hydrogen) atoms. The lowest BCUT2D eigenvalue weighted by Crippen LogP contribution is -2.41. The van der Waals surface area contributed by atoms with E-state index in [-0.39, 0.29) is 6.09 Å². The summed E-state index contributed by atoms with van der Waals surface area (Å²) in [5.41, 5.74) is 4.50. The van der Waals surface area contributed by atoms with Gasteiger partial charge in [-0.3, -0.25) is 0 Å². The molecule has 0 bridgehead atoms. The van der Waals surface area contributed by atoms with Crippen molar-refractivity contribution in [1.82, 2.24) is 19.9 Å². The molecular weight excluding hydrogens is 438 g/mol. The van der Waals surface area contributed by atoms with Crippen LogP contribution in [0.1, 0.15) is 45.1 Å². The number of carbonyl (C=O) groups is 1. The van der Waals surface area contributed by atoms with Crippen LogP contribution in [0.2, 0.25) is 5.02 Å². The number of hydrogen-bond donors (Lipinski definition) is 3. The summed E-state index contributed by atoms with van der Waals surface area (Å²) in [6.45, 7) is 7.09. The molecule has 7 nitrogen and oxygen atoms in total. The predicted molar refractivity (Wildman–Crippen MR) is 132 cm³/mol. The highest BCUT2D eigenvalue weighted by molar-refractivity contribution is 6.35. The molecule has 0 atom stereocenters. The number of rotatable bonds is 3. The molecule has 0 spiro atoms. The minimum atomic E-state index is -0.469. The first-order valence-corrected chi connectivity index (χ1v) is 11.6. The summed E-state index contributed by atoms with van der Waals surface area (Å²) in [6, 6.07) is 12.2. The van der Waals surface area contributed by atoms with Crippen LogP contribution in [-0.4, -0.2) is 44.6 Å². The first kappa shape index (κ1) is 21.6. The zero-order valence-corrected chi connectivity index (χ0v) is 19.8. The van der Waals surface area contributed by atoms with Crippen molar-refractivity contribution in [2.45, 2.75) is 45.1 Å². The Morgan fingerprint density at radius 1 is 1.15 bits per heavy atom. The van der Waals surface area contributed by atoms with Gasteiger partial charge in [0.15, 0.2) is 0 Å². The van der Waals surface area contributed by atoms with E-state index < -0.39 is 5.60 Å². The van der Waals surface area contributed by atoms with Gasteiger partial charge in [-0.05, 0) is 75.4 Å². The maximum absolute atomic E-state index is 12.3. The van der Waals surface area contributed by atoms with Gasteiger partial charge in [0.2, 0.25) is 5.95 Å². The number of halogens is 1. The van der Waals surface area contributed by atoms with E-state index in [4.69, 9.17) is 21.3 Å². The first-order chi connectivity index (χ1) is 15.7. The SMILES string of the molecule is CC(C)(C)OC(=O)N1CCC(c2ccc3[nH]c(Nc4cc(Cl)c5cc[nH]c5c4)nc3c2)CC1. The van der Waals surface area contributed by atoms with E-state index in [9.17, 15) is 4.79 Å². The molecule has 4 aromatic rings. The molecule has 1 aliphatic rings. The third-order valence-electron chi connectivity index (χ3n) is 6.01. The molecule has 3 heterocycles. The molecule has 8 heteroatoms. The number of likely N-dealkylation sites (tertiary alicyclic amines) is 1. The summed E-state index contributed by atoms with van der Waals surface area (Å²) < 4.78 is 5.51. The molecule has 0 saturated carbocycles. The number of nitrogens with zero attached hydrogens (tertiary/aromatic N) is 2. The van der Waals surface area contributed by atoms with Crippen molar-refractivity contribution in [1.29, 1.82) is 0 Å². The Kier molecular flexibility index (Phi) is 5.44. The molecule has 5 rings (SSSR count). The van der Waals surface area contributed by atoms with E-state index in [1.165, 1.54) is 5.56 Å². The van der Waals surface area contributed by atoms with Crippen molar-refractivity contribution in [2.24, 2.45) is 0 Å². The molecule has 1 amide bonds. The van der Waals surface area contributed by atoms with Crippen LogP contribution in [0, 0.1) is 0 Å². The summed E-state index contributed by atoms with van der Waals surface area (Å²) in [6.07, 6.45) is 3.47. The number of benzene rings is 2. The number of ether oxygens (including phenoxy) is 1. The van der Waals surface area contributed by atoms with Crippen LogP contribution < -0.4 is 5.32 Å². The van der Waals surface area contributed by atoms with Gasteiger partial charge in [-0.1, -0.05) is 17.7 Å². The van der Waals surface area contributed by atoms with Gasteiger partial charge in [-0.15, -0.1) is 0 Å². The lowest BCUT2D eigenvalue weighted by Gasteiger charge is -2.33. The number of nitrogens with one attached hydrogen (secondary N) is 3. The summed E-state index contributed by atoms with van der Waals surface area (Å²) in [4.78, 5) is 25.4. The summed E-state index contributed by atoms with van der Waals surface area (Å²) in [5.74, 6) is 1.07. The van der Waals surface area contributed by atoms with Crippen LogP contribution in [0.4, 0.5) is 16.4 Å². The van der Waals surface area contributed by atoms with Crippen molar-refractivity contribution >= 4 is 51.3 Å². The van der Waals surface area contributed by atoms with Crippen LogP contribution in [-0.2, 0) is 4.74 Å². The van der Waals surface area contributed by atoms with Crippen LogP contribution in [0.3, 0.4) is 0 Å². The largest absolute Gasteiger partial charge is 0.444 e. The molecule has 0 radical (unpaired) electrons. The number of H-pyrrole nitrogens is 2. The number of anilines is 2. The average Bonchev–Trinajstić information content (AvgIpc) is 3.38. The van der Waals surface area contributed by atoms with Crippen molar-refractivity contribution in [3.05, 3.63) is 53.2 Å². The van der Waals surface area contributed by atoms with Gasteiger partial charge in [-0.25, -0.2) is 9.78 Å². The number of carbonyl (C=O) groups excluding carboxylic acids is 1. The second-order valence-corrected chi connectivity index (χ2v) is 10.0. The third-order valence-corrected chi connectivity index (χ3v) is 6.32. The summed E-state index contributed by atoms with van der Waals surface area (Å²) in [5, 5.41) is 5.00. The number of aromatic amines is 2. The molecule has 0 unspecified atom stereocenters. The topological polar surface area (TPSA) is 86.0 Å². The molecule has 2 aromatic carbocycles. The van der Waals surface area contributed by atoms with Crippen LogP contribution in [0.15, 0.2) is 42.6 Å². The lowest BCUT2D eigenvalue weighted by molar-refractivity contribution is 0.0205. The molecule has 0 aliphatic carbocycles. The first-order valence-electron chi connectivity index (χ1n) is 11.3. The number of fused-ring (bicyclic) bond motifs is 2. The number of hydrogen-bond acceptors (Lipinski definition) is 4. The molecule has 1 aliphatic heterocycles. The highest BCUT2D eigenvalue weighted by Gasteiger charge is 2.27. The van der Waals surface area contributed by atoms with Crippen molar-refractivity contribution < 1.29 is 9.53 Å². The van der Waals surface area contributed by atoms with Crippen molar-refractivity contribution in [3.63, 3.8) is 0 Å². The summed E-state index contributed by atoms with van der Waals surface area (Å²) in [7, 11) is 0. The molecule has 1 fully saturated rings. The fraction of sp³-hybridized carbons (Fsp3) is 0.360. The van der Waals surface area contributed by atoms with Gasteiger partial charge in [-0.2, -0.15) is 0 Å². The fourth-order valence-electron chi connectivity index (χ4n) is 4.39. The molecular formula is C25H28ClN5O2. The fourth-order valence-corrected chi connectivity index (χ4v) is 4.67. The highest BCUT2D eigenvalue weighted by atomic mass is 35.5. The predicted octanol–water partition coefficient (Wildman–Crippen LogP) is 6.56. The van der Waals surface area contributed by atoms with Crippen LogP contribution in [0.25, 0.3) is 21.9 Å². The Labute approximate surface area is 197 Å². The standard InChI is InChI=1S/C25H28ClN5O2/c1-25(2,3)33-24(32)31-10-7-15(8-11-31)16-4-5-20-22(12-16)30-23(29-20)28-17-13-19(26)18-6-9-27-21(18)14-17/h4-6,9,12-15,27H,7-8,10-11H2,1-3H3,(H2,28,29,30). The minimum absolute atomic E-state index is 0.225. The van der Waals surface area contributed by atoms with E-state index in [2.05, 4.69) is 33.5 Å². The highest BCUT2D eigenvalue weighted by Crippen LogP contribution is 2.32. The lowest BCUT2D eigenvalue weighted by atomic mass is 9.89. The van der Waals surface area contributed by atoms with E-state index in [0.29, 0.717) is 30.0 Å². The quantitative estimate of drug-likeness (QED) is 0.320. The third kappa shape index (κ3) is 4.64. The zero-order valence-electron chi connectivity index (χ0n) is 19.0. The Hall–Kier alpha value is -3.19. The van der Waals surface area contributed by atoms with E-state index in [0.717, 1.165) is 40.5 Å². The van der Waals surface area contributed by atoms with Gasteiger partial charge in [0, 0.05) is 35.9 Å². The molecule has 172 valence electrons. The number of imidazole rings is 1. The Morgan fingerprint density at radius 3 is 2.70 bits per heavy atom. The number of piperidine rings is 1. The molecule has 3 N–H and O–H groups in total. The average molecular weight is 466 g/mol. The Morgan fingerprint density at radius 2 is 1.94 bits per heavy atom. The monoisotopic (exact) mass is 465 g/mol. The van der Waals surface area contributed by atoms with Crippen LogP contribution in [0.5, 0.6) is 0 Å². The molecule has 1 saturated heterocycles. The van der Waals surface area contributed by atoms with Gasteiger partial charge in [0.05, 0.1) is 16.1 Å². The zero-order chi connectivity index (χ0) is 23.2. The van der Waals surface area contributed by atoms with Gasteiger partial charge in [0.25, 0.3) is 0 Å². The van der Waals surface area contributed by atoms with E-state index in [1.807, 2.05) is 50.1 Å². The van der Waals surface area contributed by atoms with Gasteiger partial charge in [0.1, 0.15) is 5.60 Å². The summed E-state index contributed by atoms with van der Waals surface area (Å²) >= 11 is 6.39. The minimum Gasteiger partial charge on any atom is -0.444 e. The van der Waals surface area contributed by atoms with Gasteiger partial charge < -0.3 is 24.9 Å². The smallest absolute Gasteiger partial charge is 0.410 e. The Balaban J connectivity index is 1.28.